The second-order valence-corrected chi connectivity index (χ2v) is 7.49. The molecule has 29 heavy (non-hydrogen) atoms. The Labute approximate surface area is 171 Å². The Kier molecular flexibility index (Phi) is 5.18. The highest BCUT2D eigenvalue weighted by molar-refractivity contribution is 5.84. The maximum Gasteiger partial charge on any atom is 0.245 e. The van der Waals surface area contributed by atoms with E-state index in [2.05, 4.69) is 4.98 Å². The lowest BCUT2D eigenvalue weighted by Gasteiger charge is -2.30. The third-order valence-corrected chi connectivity index (χ3v) is 5.85. The Morgan fingerprint density at radius 1 is 1.17 bits per heavy atom. The summed E-state index contributed by atoms with van der Waals surface area (Å²) in [5.41, 5.74) is 2.93. The highest BCUT2D eigenvalue weighted by Crippen LogP contribution is 2.40. The average molecular weight is 393 g/mol. The summed E-state index contributed by atoms with van der Waals surface area (Å²) in [4.78, 5) is 20.2. The highest BCUT2D eigenvalue weighted by atomic mass is 16.5. The molecular weight excluding hydrogens is 366 g/mol. The smallest absolute Gasteiger partial charge is 0.245 e. The zero-order valence-electron chi connectivity index (χ0n) is 17.4. The van der Waals surface area contributed by atoms with Crippen molar-refractivity contribution < 1.29 is 14.3 Å². The van der Waals surface area contributed by atoms with Crippen molar-refractivity contribution in [3.05, 3.63) is 53.9 Å². The van der Waals surface area contributed by atoms with Gasteiger partial charge >= 0.3 is 0 Å². The number of methoxy groups -OCH3 is 2. The molecule has 0 N–H and O–H groups in total. The first-order chi connectivity index (χ1) is 14.0. The van der Waals surface area contributed by atoms with E-state index in [9.17, 15) is 4.79 Å². The van der Waals surface area contributed by atoms with Gasteiger partial charge < -0.3 is 18.9 Å². The van der Waals surface area contributed by atoms with E-state index in [0.29, 0.717) is 0 Å². The first-order valence-electron chi connectivity index (χ1n) is 10.0. The van der Waals surface area contributed by atoms with Gasteiger partial charge in [0, 0.05) is 18.2 Å². The van der Waals surface area contributed by atoms with Crippen LogP contribution in [-0.2, 0) is 4.79 Å². The standard InChI is InChI=1S/C23H27N3O3/c1-15(26-16(2)24-19-8-5-6-9-21(19)26)23(27)25-13-7-10-20(25)18-12-11-17(28-3)14-22(18)29-4/h5-6,8-9,11-12,14-15,20H,7,10,13H2,1-4H3/t15-,20-/m1/s1. The number of nitrogens with zero attached hydrogens (tertiary/aromatic N) is 3. The lowest BCUT2D eigenvalue weighted by Crippen LogP contribution is -2.36. The Balaban J connectivity index is 1.67. The first kappa shape index (κ1) is 19.3. The number of ether oxygens (including phenoxy) is 2. The number of hydrogen-bond donors (Lipinski definition) is 0. The Morgan fingerprint density at radius 2 is 1.97 bits per heavy atom. The van der Waals surface area contributed by atoms with Gasteiger partial charge in [0.1, 0.15) is 23.4 Å². The predicted molar refractivity (Wildman–Crippen MR) is 112 cm³/mol. The molecule has 2 heterocycles. The predicted octanol–water partition coefficient (Wildman–Crippen LogP) is 4.29. The number of para-hydroxylation sites is 2. The molecule has 3 aromatic rings. The maximum atomic E-state index is 13.6. The average Bonchev–Trinajstić information content (AvgIpc) is 3.35. The molecule has 0 spiro atoms. The summed E-state index contributed by atoms with van der Waals surface area (Å²) in [6.07, 6.45) is 1.90. The van der Waals surface area contributed by atoms with Gasteiger partial charge in [0.2, 0.25) is 5.91 Å². The van der Waals surface area contributed by atoms with Gasteiger partial charge in [-0.15, -0.1) is 0 Å². The van der Waals surface area contributed by atoms with Crippen molar-refractivity contribution in [1.82, 2.24) is 14.5 Å². The summed E-state index contributed by atoms with van der Waals surface area (Å²) in [6.45, 7) is 4.66. The summed E-state index contributed by atoms with van der Waals surface area (Å²) < 4.78 is 13.0. The minimum Gasteiger partial charge on any atom is -0.497 e. The molecule has 1 amide bonds. The molecule has 2 atom stereocenters. The van der Waals surface area contributed by atoms with Crippen LogP contribution in [0, 0.1) is 6.92 Å². The Hall–Kier alpha value is -3.02. The fraction of sp³-hybridized carbons (Fsp3) is 0.391. The number of fused-ring (bicyclic) bond motifs is 1. The molecule has 2 aromatic carbocycles. The first-order valence-corrected chi connectivity index (χ1v) is 10.0. The zero-order chi connectivity index (χ0) is 20.5. The SMILES string of the molecule is COc1ccc([C@H]2CCCN2C(=O)[C@@H](C)n2c(C)nc3ccccc32)c(OC)c1. The summed E-state index contributed by atoms with van der Waals surface area (Å²) >= 11 is 0. The number of rotatable bonds is 5. The van der Waals surface area contributed by atoms with Crippen molar-refractivity contribution in [3.8, 4) is 11.5 Å². The van der Waals surface area contributed by atoms with Crippen LogP contribution in [0.5, 0.6) is 11.5 Å². The lowest BCUT2D eigenvalue weighted by atomic mass is 10.0. The van der Waals surface area contributed by atoms with Crippen LogP contribution >= 0.6 is 0 Å². The molecule has 0 unspecified atom stereocenters. The van der Waals surface area contributed by atoms with Gasteiger partial charge in [0.05, 0.1) is 31.3 Å². The van der Waals surface area contributed by atoms with E-state index in [1.165, 1.54) is 0 Å². The Morgan fingerprint density at radius 3 is 2.72 bits per heavy atom. The minimum atomic E-state index is -0.327. The van der Waals surface area contributed by atoms with Gasteiger partial charge in [-0.2, -0.15) is 0 Å². The van der Waals surface area contributed by atoms with Crippen molar-refractivity contribution >= 4 is 16.9 Å². The summed E-state index contributed by atoms with van der Waals surface area (Å²) in [7, 11) is 3.29. The monoisotopic (exact) mass is 393 g/mol. The second-order valence-electron chi connectivity index (χ2n) is 7.49. The molecule has 1 aromatic heterocycles. The van der Waals surface area contributed by atoms with E-state index in [0.717, 1.165) is 53.3 Å². The number of benzene rings is 2. The third kappa shape index (κ3) is 3.33. The summed E-state index contributed by atoms with van der Waals surface area (Å²) in [6, 6.07) is 13.5. The topological polar surface area (TPSA) is 56.6 Å². The van der Waals surface area contributed by atoms with Crippen molar-refractivity contribution in [1.29, 1.82) is 0 Å². The molecule has 1 aliphatic heterocycles. The number of aryl methyl sites for hydroxylation is 1. The van der Waals surface area contributed by atoms with E-state index in [4.69, 9.17) is 9.47 Å². The van der Waals surface area contributed by atoms with Crippen molar-refractivity contribution in [2.45, 2.75) is 38.8 Å². The number of hydrogen-bond acceptors (Lipinski definition) is 4. The van der Waals surface area contributed by atoms with Crippen molar-refractivity contribution in [3.63, 3.8) is 0 Å². The zero-order valence-corrected chi connectivity index (χ0v) is 17.4. The van der Waals surface area contributed by atoms with Crippen LogP contribution in [0.25, 0.3) is 11.0 Å². The van der Waals surface area contributed by atoms with Gasteiger partial charge in [-0.25, -0.2) is 4.98 Å². The molecule has 6 nitrogen and oxygen atoms in total. The molecule has 1 aliphatic rings. The number of carbonyl (C=O) groups is 1. The summed E-state index contributed by atoms with van der Waals surface area (Å²) in [5, 5.41) is 0. The van der Waals surface area contributed by atoms with Crippen LogP contribution in [0.2, 0.25) is 0 Å². The molecule has 6 heteroatoms. The number of amides is 1. The molecular formula is C23H27N3O3. The maximum absolute atomic E-state index is 13.6. The fourth-order valence-electron chi connectivity index (χ4n) is 4.45. The van der Waals surface area contributed by atoms with E-state index >= 15 is 0 Å². The van der Waals surface area contributed by atoms with Gasteiger partial charge in [-0.1, -0.05) is 12.1 Å². The largest absolute Gasteiger partial charge is 0.497 e. The van der Waals surface area contributed by atoms with Crippen LogP contribution in [0.1, 0.15) is 43.2 Å². The fourth-order valence-corrected chi connectivity index (χ4v) is 4.45. The Bertz CT molecular complexity index is 1040. The van der Waals surface area contributed by atoms with E-state index in [-0.39, 0.29) is 18.0 Å². The van der Waals surface area contributed by atoms with E-state index in [1.54, 1.807) is 14.2 Å². The van der Waals surface area contributed by atoms with Crippen LogP contribution in [-0.4, -0.2) is 41.1 Å². The molecule has 0 bridgehead atoms. The van der Waals surface area contributed by atoms with Gasteiger partial charge in [-0.05, 0) is 51.0 Å². The normalized spacial score (nSPS) is 17.5. The number of aromatic nitrogens is 2. The minimum absolute atomic E-state index is 0.000831. The van der Waals surface area contributed by atoms with Crippen LogP contribution in [0.15, 0.2) is 42.5 Å². The second kappa shape index (κ2) is 7.78. The third-order valence-electron chi connectivity index (χ3n) is 5.85. The van der Waals surface area contributed by atoms with Crippen LogP contribution < -0.4 is 9.47 Å². The number of likely N-dealkylation sites (tertiary alicyclic amines) is 1. The number of imidazole rings is 1. The van der Waals surface area contributed by atoms with Crippen molar-refractivity contribution in [2.24, 2.45) is 0 Å². The molecule has 1 saturated heterocycles. The van der Waals surface area contributed by atoms with Gasteiger partial charge in [0.25, 0.3) is 0 Å². The van der Waals surface area contributed by atoms with E-state index in [1.807, 2.05) is 65.8 Å². The molecule has 4 rings (SSSR count). The molecule has 152 valence electrons. The summed E-state index contributed by atoms with van der Waals surface area (Å²) in [5.74, 6) is 2.46. The lowest BCUT2D eigenvalue weighted by molar-refractivity contribution is -0.135. The number of carbonyl (C=O) groups excluding carboxylic acids is 1. The molecule has 1 fully saturated rings. The quantitative estimate of drug-likeness (QED) is 0.649. The van der Waals surface area contributed by atoms with Crippen LogP contribution in [0.3, 0.4) is 0 Å². The van der Waals surface area contributed by atoms with E-state index < -0.39 is 0 Å². The molecule has 0 radical (unpaired) electrons. The highest BCUT2D eigenvalue weighted by Gasteiger charge is 2.35. The molecule has 0 aliphatic carbocycles. The van der Waals surface area contributed by atoms with Gasteiger partial charge in [0.15, 0.2) is 0 Å². The molecule has 0 saturated carbocycles. The van der Waals surface area contributed by atoms with Gasteiger partial charge in [-0.3, -0.25) is 4.79 Å². The van der Waals surface area contributed by atoms with Crippen LogP contribution in [0.4, 0.5) is 0 Å². The van der Waals surface area contributed by atoms with Crippen molar-refractivity contribution in [2.75, 3.05) is 20.8 Å².